The third-order valence-corrected chi connectivity index (χ3v) is 3.09. The SMILES string of the molecule is COc1ccc(OC)c(C(=O)c2c(F)c(F)c(F)c(F)c2F)c1. The van der Waals surface area contributed by atoms with Crippen molar-refractivity contribution in [2.24, 2.45) is 0 Å². The normalized spacial score (nSPS) is 10.6. The van der Waals surface area contributed by atoms with Crippen molar-refractivity contribution in [1.82, 2.24) is 0 Å². The predicted molar refractivity (Wildman–Crippen MR) is 69.2 cm³/mol. The lowest BCUT2D eigenvalue weighted by Gasteiger charge is -2.11. The van der Waals surface area contributed by atoms with E-state index in [9.17, 15) is 26.7 Å². The van der Waals surface area contributed by atoms with Crippen LogP contribution in [0.1, 0.15) is 15.9 Å². The maximum Gasteiger partial charge on any atom is 0.203 e. The molecule has 0 aromatic heterocycles. The van der Waals surface area contributed by atoms with Crippen molar-refractivity contribution in [1.29, 1.82) is 0 Å². The maximum atomic E-state index is 13.7. The standard InChI is InChI=1S/C15H9F5O3/c1-22-6-3-4-8(23-2)7(5-6)15(21)9-10(16)12(18)14(20)13(19)11(9)17/h3-5H,1-2H3. The first-order chi connectivity index (χ1) is 10.8. The van der Waals surface area contributed by atoms with E-state index in [0.29, 0.717) is 0 Å². The first kappa shape index (κ1) is 16.7. The molecule has 0 saturated heterocycles. The lowest BCUT2D eigenvalue weighted by Crippen LogP contribution is -2.14. The second-order valence-corrected chi connectivity index (χ2v) is 4.34. The van der Waals surface area contributed by atoms with Crippen molar-refractivity contribution in [3.8, 4) is 11.5 Å². The molecule has 2 rings (SSSR count). The first-order valence-electron chi connectivity index (χ1n) is 6.11. The Labute approximate surface area is 127 Å². The van der Waals surface area contributed by atoms with Crippen molar-refractivity contribution in [3.05, 3.63) is 58.4 Å². The molecule has 0 aliphatic carbocycles. The summed E-state index contributed by atoms with van der Waals surface area (Å²) in [5.41, 5.74) is -1.97. The van der Waals surface area contributed by atoms with Crippen LogP contribution in [0.5, 0.6) is 11.5 Å². The number of hydrogen-bond acceptors (Lipinski definition) is 3. The smallest absolute Gasteiger partial charge is 0.203 e. The Balaban J connectivity index is 2.72. The molecular weight excluding hydrogens is 323 g/mol. The minimum Gasteiger partial charge on any atom is -0.497 e. The molecule has 122 valence electrons. The summed E-state index contributed by atoms with van der Waals surface area (Å²) in [5.74, 6) is -12.6. The zero-order valence-corrected chi connectivity index (χ0v) is 11.8. The van der Waals surface area contributed by atoms with Gasteiger partial charge in [-0.2, -0.15) is 0 Å². The fourth-order valence-corrected chi connectivity index (χ4v) is 1.93. The molecular formula is C15H9F5O3. The zero-order chi connectivity index (χ0) is 17.3. The fourth-order valence-electron chi connectivity index (χ4n) is 1.93. The number of carbonyl (C=O) groups is 1. The molecule has 0 unspecified atom stereocenters. The number of methoxy groups -OCH3 is 2. The largest absolute Gasteiger partial charge is 0.497 e. The number of ether oxygens (including phenoxy) is 2. The van der Waals surface area contributed by atoms with Gasteiger partial charge in [-0.1, -0.05) is 0 Å². The summed E-state index contributed by atoms with van der Waals surface area (Å²) in [6.45, 7) is 0. The van der Waals surface area contributed by atoms with Crippen LogP contribution in [0.2, 0.25) is 0 Å². The minimum atomic E-state index is -2.34. The maximum absolute atomic E-state index is 13.7. The van der Waals surface area contributed by atoms with Crippen LogP contribution < -0.4 is 9.47 Å². The van der Waals surface area contributed by atoms with Gasteiger partial charge in [-0.05, 0) is 18.2 Å². The van der Waals surface area contributed by atoms with Crippen molar-refractivity contribution in [3.63, 3.8) is 0 Å². The van der Waals surface area contributed by atoms with Crippen LogP contribution in [-0.4, -0.2) is 20.0 Å². The molecule has 0 aliphatic heterocycles. The van der Waals surface area contributed by atoms with E-state index in [1.54, 1.807) is 0 Å². The van der Waals surface area contributed by atoms with E-state index >= 15 is 0 Å². The molecule has 0 spiro atoms. The highest BCUT2D eigenvalue weighted by Gasteiger charge is 2.31. The Hall–Kier alpha value is -2.64. The molecule has 0 bridgehead atoms. The second kappa shape index (κ2) is 6.23. The van der Waals surface area contributed by atoms with E-state index in [-0.39, 0.29) is 11.5 Å². The Morgan fingerprint density at radius 2 is 1.35 bits per heavy atom. The summed E-state index contributed by atoms with van der Waals surface area (Å²) in [7, 11) is 2.45. The number of hydrogen-bond donors (Lipinski definition) is 0. The predicted octanol–water partition coefficient (Wildman–Crippen LogP) is 3.63. The van der Waals surface area contributed by atoms with Crippen LogP contribution in [0.15, 0.2) is 18.2 Å². The van der Waals surface area contributed by atoms with Gasteiger partial charge in [-0.3, -0.25) is 4.79 Å². The Bertz CT molecular complexity index is 760. The average molecular weight is 332 g/mol. The topological polar surface area (TPSA) is 35.5 Å². The van der Waals surface area contributed by atoms with E-state index in [0.717, 1.165) is 6.07 Å². The van der Waals surface area contributed by atoms with Gasteiger partial charge in [0.05, 0.1) is 19.8 Å². The number of halogens is 5. The summed E-state index contributed by atoms with van der Waals surface area (Å²) < 4.78 is 76.7. The van der Waals surface area contributed by atoms with Gasteiger partial charge in [-0.15, -0.1) is 0 Å². The van der Waals surface area contributed by atoms with Gasteiger partial charge in [-0.25, -0.2) is 22.0 Å². The number of ketones is 1. The Kier molecular flexibility index (Phi) is 4.53. The highest BCUT2D eigenvalue weighted by Crippen LogP contribution is 2.30. The second-order valence-electron chi connectivity index (χ2n) is 4.34. The molecule has 0 saturated carbocycles. The highest BCUT2D eigenvalue weighted by molar-refractivity contribution is 6.11. The monoisotopic (exact) mass is 332 g/mol. The molecule has 0 atom stereocenters. The van der Waals surface area contributed by atoms with E-state index in [1.807, 2.05) is 0 Å². The van der Waals surface area contributed by atoms with Gasteiger partial charge in [0.15, 0.2) is 23.3 Å². The van der Waals surface area contributed by atoms with Crippen molar-refractivity contribution in [2.45, 2.75) is 0 Å². The molecule has 0 fully saturated rings. The average Bonchev–Trinajstić information content (AvgIpc) is 2.57. The molecule has 23 heavy (non-hydrogen) atoms. The van der Waals surface area contributed by atoms with Crippen molar-refractivity contribution < 1.29 is 36.2 Å². The molecule has 2 aromatic rings. The summed E-state index contributed by atoms with van der Waals surface area (Å²) in [6, 6.07) is 3.73. The van der Waals surface area contributed by atoms with Crippen LogP contribution >= 0.6 is 0 Å². The zero-order valence-electron chi connectivity index (χ0n) is 11.8. The minimum absolute atomic E-state index is 0.111. The third-order valence-electron chi connectivity index (χ3n) is 3.09. The van der Waals surface area contributed by atoms with Gasteiger partial charge >= 0.3 is 0 Å². The fraction of sp³-hybridized carbons (Fsp3) is 0.133. The first-order valence-corrected chi connectivity index (χ1v) is 6.11. The van der Waals surface area contributed by atoms with Crippen LogP contribution in [0, 0.1) is 29.1 Å². The molecule has 3 nitrogen and oxygen atoms in total. The lowest BCUT2D eigenvalue weighted by molar-refractivity contribution is 0.102. The van der Waals surface area contributed by atoms with Gasteiger partial charge in [0.1, 0.15) is 17.1 Å². The van der Waals surface area contributed by atoms with Gasteiger partial charge < -0.3 is 9.47 Å². The van der Waals surface area contributed by atoms with Gasteiger partial charge in [0, 0.05) is 0 Å². The lowest BCUT2D eigenvalue weighted by atomic mass is 10.00. The van der Waals surface area contributed by atoms with E-state index in [4.69, 9.17) is 9.47 Å². The van der Waals surface area contributed by atoms with Crippen LogP contribution in [0.25, 0.3) is 0 Å². The summed E-state index contributed by atoms with van der Waals surface area (Å²) in [5, 5.41) is 0. The van der Waals surface area contributed by atoms with E-state index < -0.39 is 46.0 Å². The quantitative estimate of drug-likeness (QED) is 0.371. The van der Waals surface area contributed by atoms with Crippen LogP contribution in [0.3, 0.4) is 0 Å². The third kappa shape index (κ3) is 2.71. The molecule has 0 aliphatic rings. The molecule has 0 heterocycles. The molecule has 0 amide bonds. The number of benzene rings is 2. The molecule has 8 heteroatoms. The van der Waals surface area contributed by atoms with Crippen LogP contribution in [0.4, 0.5) is 22.0 Å². The van der Waals surface area contributed by atoms with Crippen molar-refractivity contribution >= 4 is 5.78 Å². The van der Waals surface area contributed by atoms with E-state index in [2.05, 4.69) is 0 Å². The molecule has 2 aromatic carbocycles. The summed E-state index contributed by atoms with van der Waals surface area (Å²) in [4.78, 5) is 12.3. The Morgan fingerprint density at radius 1 is 0.826 bits per heavy atom. The summed E-state index contributed by atoms with van der Waals surface area (Å²) in [6.07, 6.45) is 0. The van der Waals surface area contributed by atoms with Gasteiger partial charge in [0.2, 0.25) is 11.6 Å². The van der Waals surface area contributed by atoms with E-state index in [1.165, 1.54) is 26.4 Å². The number of rotatable bonds is 4. The summed E-state index contributed by atoms with van der Waals surface area (Å²) >= 11 is 0. The van der Waals surface area contributed by atoms with Crippen LogP contribution in [-0.2, 0) is 0 Å². The molecule has 0 N–H and O–H groups in total. The molecule has 0 radical (unpaired) electrons. The highest BCUT2D eigenvalue weighted by atomic mass is 19.2. The van der Waals surface area contributed by atoms with Gasteiger partial charge in [0.25, 0.3) is 0 Å². The Morgan fingerprint density at radius 3 is 1.83 bits per heavy atom. The van der Waals surface area contributed by atoms with Crippen molar-refractivity contribution in [2.75, 3.05) is 14.2 Å². The number of carbonyl (C=O) groups excluding carboxylic acids is 1.